The summed E-state index contributed by atoms with van der Waals surface area (Å²) in [7, 11) is -2.44. The number of rotatable bonds is 11. The molecule has 44 heavy (non-hydrogen) atoms. The second-order valence-electron chi connectivity index (χ2n) is 10.5. The molecular weight excluding hydrogens is 590 g/mol. The number of aliphatic hydroxyl groups excluding tert-OH is 1. The highest BCUT2D eigenvalue weighted by Gasteiger charge is 2.33. The summed E-state index contributed by atoms with van der Waals surface area (Å²) >= 11 is 0. The highest BCUT2D eigenvalue weighted by molar-refractivity contribution is 7.89. The van der Waals surface area contributed by atoms with Gasteiger partial charge in [0, 0.05) is 57.0 Å². The zero-order valence-electron chi connectivity index (χ0n) is 24.8. The van der Waals surface area contributed by atoms with Gasteiger partial charge in [0.1, 0.15) is 5.75 Å². The first-order chi connectivity index (χ1) is 21.2. The number of amides is 1. The Morgan fingerprint density at radius 2 is 1.80 bits per heavy atom. The van der Waals surface area contributed by atoms with Crippen LogP contribution in [-0.4, -0.2) is 105 Å². The van der Waals surface area contributed by atoms with Gasteiger partial charge in [-0.25, -0.2) is 8.42 Å². The number of aliphatic hydroxyl groups is 1. The van der Waals surface area contributed by atoms with Crippen molar-refractivity contribution in [2.24, 2.45) is 0 Å². The monoisotopic (exact) mass is 627 g/mol. The number of carbonyl (C=O) groups excluding carboxylic acids is 2. The number of hydrogen-bond donors (Lipinski definition) is 1. The number of fused-ring (bicyclic) bond motifs is 1. The van der Waals surface area contributed by atoms with Crippen molar-refractivity contribution in [3.8, 4) is 5.75 Å². The van der Waals surface area contributed by atoms with E-state index in [9.17, 15) is 23.1 Å². The molecule has 0 unspecified atom stereocenters. The summed E-state index contributed by atoms with van der Waals surface area (Å²) in [6.07, 6.45) is 3.02. The molecule has 12 nitrogen and oxygen atoms in total. The third kappa shape index (κ3) is 6.81. The number of benzene rings is 2. The molecule has 1 fully saturated rings. The summed E-state index contributed by atoms with van der Waals surface area (Å²) in [5.41, 5.74) is 1.61. The lowest BCUT2D eigenvalue weighted by Crippen LogP contribution is -2.43. The zero-order chi connectivity index (χ0) is 31.3. The molecule has 1 saturated heterocycles. The lowest BCUT2D eigenvalue weighted by Gasteiger charge is -2.33. The molecule has 1 amide bonds. The van der Waals surface area contributed by atoms with Gasteiger partial charge in [-0.05, 0) is 42.0 Å². The smallest absolute Gasteiger partial charge is 0.288 e. The Labute approximate surface area is 256 Å². The van der Waals surface area contributed by atoms with E-state index in [4.69, 9.17) is 18.9 Å². The average molecular weight is 628 g/mol. The van der Waals surface area contributed by atoms with Crippen LogP contribution in [0, 0.1) is 0 Å². The maximum absolute atomic E-state index is 13.5. The van der Waals surface area contributed by atoms with Crippen LogP contribution < -0.4 is 4.74 Å². The Balaban J connectivity index is 1.37. The molecule has 0 aliphatic carbocycles. The number of hydrogen-bond acceptors (Lipinski definition) is 9. The van der Waals surface area contributed by atoms with Crippen molar-refractivity contribution in [1.29, 1.82) is 0 Å². The van der Waals surface area contributed by atoms with Gasteiger partial charge < -0.3 is 29.0 Å². The van der Waals surface area contributed by atoms with Gasteiger partial charge in [-0.1, -0.05) is 18.2 Å². The van der Waals surface area contributed by atoms with Gasteiger partial charge in [-0.2, -0.15) is 4.31 Å². The van der Waals surface area contributed by atoms with E-state index in [0.717, 1.165) is 20.8 Å². The van der Waals surface area contributed by atoms with Crippen LogP contribution in [0.1, 0.15) is 29.6 Å². The number of methoxy groups -OCH3 is 1. The van der Waals surface area contributed by atoms with Crippen LogP contribution in [0.25, 0.3) is 10.9 Å². The number of nitrogens with zero attached hydrogens (tertiary/aromatic N) is 3. The quantitative estimate of drug-likeness (QED) is 0.340. The predicted octanol–water partition coefficient (Wildman–Crippen LogP) is 2.58. The van der Waals surface area contributed by atoms with Gasteiger partial charge >= 0.3 is 0 Å². The summed E-state index contributed by atoms with van der Waals surface area (Å²) in [4.78, 5) is 27.6. The van der Waals surface area contributed by atoms with E-state index in [1.807, 2.05) is 24.3 Å². The van der Waals surface area contributed by atoms with Crippen LogP contribution >= 0.6 is 0 Å². The standard InChI is InChI=1S/C31H37N3O9S/c1-22(36)34-21-27(26-5-3-4-6-28(26)34)23-19-29(31(37)32-12-16-41-17-13-32)43-30(20-23)42-18-14-33(11-15-35)44(38,39)25-9-7-24(40-2)8-10-25/h3-10,19,21,23,30,35H,11-18,20H2,1-2H3/t23-,30+/m1/s1. The van der Waals surface area contributed by atoms with E-state index in [1.54, 1.807) is 33.9 Å². The third-order valence-electron chi connectivity index (χ3n) is 7.74. The van der Waals surface area contributed by atoms with Crippen LogP contribution in [0.4, 0.5) is 0 Å². The van der Waals surface area contributed by atoms with Crippen molar-refractivity contribution in [2.75, 3.05) is 59.7 Å². The number of sulfonamides is 1. The highest BCUT2D eigenvalue weighted by Crippen LogP contribution is 2.37. The summed E-state index contributed by atoms with van der Waals surface area (Å²) in [5, 5.41) is 10.5. The predicted molar refractivity (Wildman–Crippen MR) is 161 cm³/mol. The molecule has 13 heteroatoms. The number of carbonyl (C=O) groups is 2. The molecule has 2 aliphatic heterocycles. The van der Waals surface area contributed by atoms with E-state index in [0.29, 0.717) is 38.5 Å². The first-order valence-corrected chi connectivity index (χ1v) is 15.9. The van der Waals surface area contributed by atoms with Crippen LogP contribution in [0.15, 0.2) is 71.5 Å². The maximum atomic E-state index is 13.5. The molecule has 1 N–H and O–H groups in total. The Hall–Kier alpha value is -3.75. The Kier molecular flexibility index (Phi) is 10.0. The Bertz CT molecular complexity index is 1610. The highest BCUT2D eigenvalue weighted by atomic mass is 32.2. The lowest BCUT2D eigenvalue weighted by molar-refractivity contribution is -0.155. The van der Waals surface area contributed by atoms with Crippen LogP contribution in [-0.2, 0) is 29.0 Å². The normalized spacial score (nSPS) is 19.1. The van der Waals surface area contributed by atoms with Gasteiger partial charge in [0.2, 0.25) is 22.2 Å². The molecule has 0 saturated carbocycles. The minimum Gasteiger partial charge on any atom is -0.497 e. The minimum atomic E-state index is -3.94. The molecule has 2 aromatic carbocycles. The number of allylic oxidation sites excluding steroid dienone is 1. The molecule has 0 radical (unpaired) electrons. The van der Waals surface area contributed by atoms with Crippen LogP contribution in [0.2, 0.25) is 0 Å². The van der Waals surface area contributed by atoms with E-state index in [2.05, 4.69) is 0 Å². The lowest BCUT2D eigenvalue weighted by atomic mass is 9.92. The van der Waals surface area contributed by atoms with Crippen molar-refractivity contribution >= 4 is 32.7 Å². The number of morpholine rings is 1. The van der Waals surface area contributed by atoms with Gasteiger partial charge in [-0.15, -0.1) is 0 Å². The second-order valence-corrected chi connectivity index (χ2v) is 12.4. The second kappa shape index (κ2) is 13.9. The van der Waals surface area contributed by atoms with E-state index >= 15 is 0 Å². The fraction of sp³-hybridized carbons (Fsp3) is 0.419. The van der Waals surface area contributed by atoms with Gasteiger partial charge in [0.15, 0.2) is 5.76 Å². The SMILES string of the molecule is COc1ccc(S(=O)(=O)N(CCO)CCO[C@@H]2C[C@H](c3cn(C(C)=O)c4ccccc34)C=C(C(=O)N3CCOCC3)O2)cc1. The topological polar surface area (TPSA) is 137 Å². The molecule has 1 aromatic heterocycles. The number of aromatic nitrogens is 1. The molecule has 2 aliphatic rings. The Morgan fingerprint density at radius 3 is 2.48 bits per heavy atom. The minimum absolute atomic E-state index is 0.0546. The van der Waals surface area contributed by atoms with E-state index in [-0.39, 0.29) is 54.7 Å². The van der Waals surface area contributed by atoms with Crippen LogP contribution in [0.3, 0.4) is 0 Å². The van der Waals surface area contributed by atoms with Gasteiger partial charge in [-0.3, -0.25) is 14.2 Å². The molecule has 3 heterocycles. The van der Waals surface area contributed by atoms with Gasteiger partial charge in [0.25, 0.3) is 5.91 Å². The fourth-order valence-corrected chi connectivity index (χ4v) is 6.87. The molecular formula is C31H37N3O9S. The fourth-order valence-electron chi connectivity index (χ4n) is 5.46. The van der Waals surface area contributed by atoms with Crippen molar-refractivity contribution in [1.82, 2.24) is 13.8 Å². The maximum Gasteiger partial charge on any atom is 0.288 e. The number of para-hydroxylation sites is 1. The van der Waals surface area contributed by atoms with Crippen LogP contribution in [0.5, 0.6) is 5.75 Å². The van der Waals surface area contributed by atoms with Crippen molar-refractivity contribution in [3.63, 3.8) is 0 Å². The summed E-state index contributed by atoms with van der Waals surface area (Å²) < 4.78 is 52.0. The van der Waals surface area contributed by atoms with E-state index in [1.165, 1.54) is 26.2 Å². The molecule has 3 aromatic rings. The third-order valence-corrected chi connectivity index (χ3v) is 9.65. The molecule has 0 spiro atoms. The average Bonchev–Trinajstić information content (AvgIpc) is 3.44. The summed E-state index contributed by atoms with van der Waals surface area (Å²) in [5.74, 6) is -0.0950. The molecule has 236 valence electrons. The first-order valence-electron chi connectivity index (χ1n) is 14.5. The summed E-state index contributed by atoms with van der Waals surface area (Å²) in [6, 6.07) is 13.6. The molecule has 0 bridgehead atoms. The Morgan fingerprint density at radius 1 is 1.07 bits per heavy atom. The molecule has 2 atom stereocenters. The van der Waals surface area contributed by atoms with Crippen molar-refractivity contribution in [3.05, 3.63) is 72.1 Å². The number of ether oxygens (including phenoxy) is 4. The van der Waals surface area contributed by atoms with Gasteiger partial charge in [0.05, 0.1) is 43.9 Å². The van der Waals surface area contributed by atoms with E-state index < -0.39 is 16.3 Å². The largest absolute Gasteiger partial charge is 0.497 e. The first kappa shape index (κ1) is 31.7. The summed E-state index contributed by atoms with van der Waals surface area (Å²) in [6.45, 7) is 2.59. The zero-order valence-corrected chi connectivity index (χ0v) is 25.6. The molecule has 5 rings (SSSR count). The van der Waals surface area contributed by atoms with Crippen molar-refractivity contribution in [2.45, 2.75) is 30.4 Å². The van der Waals surface area contributed by atoms with Crippen molar-refractivity contribution < 1.29 is 42.1 Å².